The van der Waals surface area contributed by atoms with Gasteiger partial charge in [0.25, 0.3) is 0 Å². The van der Waals surface area contributed by atoms with Crippen molar-refractivity contribution in [3.63, 3.8) is 0 Å². The van der Waals surface area contributed by atoms with E-state index in [9.17, 15) is 9.59 Å². The number of rotatable bonds is 5. The monoisotopic (exact) mass is 395 g/mol. The van der Waals surface area contributed by atoms with Crippen LogP contribution in [0.3, 0.4) is 0 Å². The first-order valence-corrected chi connectivity index (χ1v) is 8.29. The number of carboxylic acid groups (broad SMARTS) is 2. The quantitative estimate of drug-likeness (QED) is 0.660. The highest BCUT2D eigenvalue weighted by Gasteiger charge is 2.21. The van der Waals surface area contributed by atoms with Gasteiger partial charge in [0.05, 0.1) is 10.0 Å². The molecule has 2 aromatic carbocycles. The van der Waals surface area contributed by atoms with Crippen molar-refractivity contribution >= 4 is 35.1 Å². The second-order valence-electron chi connectivity index (χ2n) is 5.72. The molecule has 26 heavy (non-hydrogen) atoms. The molecule has 7 heteroatoms. The van der Waals surface area contributed by atoms with Crippen LogP contribution in [-0.2, 0) is 21.5 Å². The second kappa shape index (κ2) is 9.97. The Hall–Kier alpha value is -2.34. The first-order chi connectivity index (χ1) is 12.1. The van der Waals surface area contributed by atoms with Crippen LogP contribution in [0.15, 0.2) is 60.7 Å². The third-order valence-corrected chi connectivity index (χ3v) is 4.10. The highest BCUT2D eigenvalue weighted by atomic mass is 35.5. The normalized spacial score (nSPS) is 12.8. The van der Waals surface area contributed by atoms with E-state index in [1.165, 1.54) is 0 Å². The van der Waals surface area contributed by atoms with Crippen molar-refractivity contribution in [2.45, 2.75) is 18.9 Å². The topological polar surface area (TPSA) is 101 Å². The summed E-state index contributed by atoms with van der Waals surface area (Å²) < 4.78 is 0. The van der Waals surface area contributed by atoms with Gasteiger partial charge in [0.15, 0.2) is 0 Å². The molecule has 0 aromatic heterocycles. The average molecular weight is 396 g/mol. The van der Waals surface area contributed by atoms with Crippen LogP contribution in [0.5, 0.6) is 0 Å². The molecule has 4 N–H and O–H groups in total. The largest absolute Gasteiger partial charge is 0.478 e. The highest BCUT2D eigenvalue weighted by molar-refractivity contribution is 6.42. The van der Waals surface area contributed by atoms with E-state index in [1.54, 1.807) is 6.07 Å². The standard InChI is InChI=1S/C15H15Cl2N.C4H4O4/c1-15(18,12-5-3-2-4-6-12)10-11-7-8-13(16)14(17)9-11;5-3(6)1-2-4(7)8/h2-9H,10,18H2,1H3;1-2H,(H,5,6)(H,7,8)/b;2-1-. The van der Waals surface area contributed by atoms with Gasteiger partial charge >= 0.3 is 11.9 Å². The predicted octanol–water partition coefficient (Wildman–Crippen LogP) is 4.12. The average Bonchev–Trinajstić information content (AvgIpc) is 2.57. The molecule has 2 aromatic rings. The number of nitrogens with two attached hydrogens (primary N) is 1. The molecule has 2 rings (SSSR count). The van der Waals surface area contributed by atoms with Crippen LogP contribution in [0, 0.1) is 0 Å². The van der Waals surface area contributed by atoms with E-state index in [0.29, 0.717) is 28.6 Å². The molecule has 5 nitrogen and oxygen atoms in total. The summed E-state index contributed by atoms with van der Waals surface area (Å²) in [6.45, 7) is 2.02. The SMILES string of the molecule is CC(N)(Cc1ccc(Cl)c(Cl)c1)c1ccccc1.O=C(O)/C=C\C(=O)O. The number of carbonyl (C=O) groups is 2. The van der Waals surface area contributed by atoms with Crippen LogP contribution in [0.25, 0.3) is 0 Å². The first-order valence-electron chi connectivity index (χ1n) is 7.54. The van der Waals surface area contributed by atoms with Crippen molar-refractivity contribution in [1.29, 1.82) is 0 Å². The van der Waals surface area contributed by atoms with Crippen LogP contribution in [0.2, 0.25) is 10.0 Å². The molecule has 0 amide bonds. The Balaban J connectivity index is 0.000000359. The lowest BCUT2D eigenvalue weighted by Crippen LogP contribution is -2.35. The third kappa shape index (κ3) is 7.70. The summed E-state index contributed by atoms with van der Waals surface area (Å²) in [6.07, 6.45) is 1.83. The van der Waals surface area contributed by atoms with E-state index in [4.69, 9.17) is 39.1 Å². The van der Waals surface area contributed by atoms with Gasteiger partial charge in [-0.15, -0.1) is 0 Å². The van der Waals surface area contributed by atoms with Gasteiger partial charge in [-0.1, -0.05) is 59.6 Å². The summed E-state index contributed by atoms with van der Waals surface area (Å²) >= 11 is 11.9. The third-order valence-electron chi connectivity index (χ3n) is 3.36. The highest BCUT2D eigenvalue weighted by Crippen LogP contribution is 2.27. The van der Waals surface area contributed by atoms with E-state index >= 15 is 0 Å². The van der Waals surface area contributed by atoms with Crippen molar-refractivity contribution in [1.82, 2.24) is 0 Å². The number of benzene rings is 2. The van der Waals surface area contributed by atoms with Crippen molar-refractivity contribution in [3.8, 4) is 0 Å². The second-order valence-corrected chi connectivity index (χ2v) is 6.53. The molecule has 0 aliphatic heterocycles. The zero-order chi connectivity index (χ0) is 19.7. The zero-order valence-electron chi connectivity index (χ0n) is 14.0. The smallest absolute Gasteiger partial charge is 0.328 e. The van der Waals surface area contributed by atoms with Gasteiger partial charge in [-0.2, -0.15) is 0 Å². The maximum atomic E-state index is 9.55. The van der Waals surface area contributed by atoms with Gasteiger partial charge in [-0.3, -0.25) is 0 Å². The molecule has 0 aliphatic carbocycles. The van der Waals surface area contributed by atoms with Gasteiger partial charge in [0, 0.05) is 17.7 Å². The van der Waals surface area contributed by atoms with E-state index in [-0.39, 0.29) is 0 Å². The molecular formula is C19H19Cl2NO4. The number of aliphatic carboxylic acids is 2. The summed E-state index contributed by atoms with van der Waals surface area (Å²) in [5.74, 6) is -2.51. The summed E-state index contributed by atoms with van der Waals surface area (Å²) in [6, 6.07) is 15.7. The molecule has 0 radical (unpaired) electrons. The summed E-state index contributed by atoms with van der Waals surface area (Å²) in [5, 5.41) is 16.8. The van der Waals surface area contributed by atoms with Crippen LogP contribution in [-0.4, -0.2) is 22.2 Å². The van der Waals surface area contributed by atoms with E-state index < -0.39 is 17.5 Å². The Bertz CT molecular complexity index is 773. The molecule has 0 fully saturated rings. The van der Waals surface area contributed by atoms with Gasteiger partial charge in [-0.25, -0.2) is 9.59 Å². The van der Waals surface area contributed by atoms with Crippen LogP contribution < -0.4 is 5.73 Å². The van der Waals surface area contributed by atoms with Crippen molar-refractivity contribution in [3.05, 3.63) is 81.9 Å². The predicted molar refractivity (Wildman–Crippen MR) is 103 cm³/mol. The first kappa shape index (κ1) is 21.7. The van der Waals surface area contributed by atoms with Crippen LogP contribution in [0.4, 0.5) is 0 Å². The summed E-state index contributed by atoms with van der Waals surface area (Å²) in [4.78, 5) is 19.1. The lowest BCUT2D eigenvalue weighted by atomic mass is 9.87. The molecule has 0 saturated carbocycles. The minimum absolute atomic E-state index is 0.418. The van der Waals surface area contributed by atoms with Gasteiger partial charge in [0.1, 0.15) is 0 Å². The number of carboxylic acids is 2. The summed E-state index contributed by atoms with van der Waals surface area (Å²) in [7, 11) is 0. The van der Waals surface area contributed by atoms with E-state index in [1.807, 2.05) is 49.4 Å². The number of hydrogen-bond donors (Lipinski definition) is 3. The Morgan fingerprint density at radius 2 is 1.54 bits per heavy atom. The molecular weight excluding hydrogens is 377 g/mol. The van der Waals surface area contributed by atoms with Gasteiger partial charge in [0.2, 0.25) is 0 Å². The maximum Gasteiger partial charge on any atom is 0.328 e. The molecule has 138 valence electrons. The molecule has 0 spiro atoms. The van der Waals surface area contributed by atoms with Crippen LogP contribution >= 0.6 is 23.2 Å². The fourth-order valence-corrected chi connectivity index (χ4v) is 2.46. The van der Waals surface area contributed by atoms with E-state index in [2.05, 4.69) is 0 Å². The maximum absolute atomic E-state index is 9.55. The molecule has 0 heterocycles. The fourth-order valence-electron chi connectivity index (χ4n) is 2.14. The lowest BCUT2D eigenvalue weighted by molar-refractivity contribution is -0.134. The molecule has 0 bridgehead atoms. The zero-order valence-corrected chi connectivity index (χ0v) is 15.5. The Labute approximate surface area is 161 Å². The van der Waals surface area contributed by atoms with Gasteiger partial charge in [-0.05, 0) is 36.6 Å². The molecule has 0 saturated heterocycles. The van der Waals surface area contributed by atoms with Crippen LogP contribution in [0.1, 0.15) is 18.1 Å². The number of hydrogen-bond acceptors (Lipinski definition) is 3. The summed E-state index contributed by atoms with van der Waals surface area (Å²) in [5.41, 5.74) is 8.15. The lowest BCUT2D eigenvalue weighted by Gasteiger charge is -2.25. The minimum atomic E-state index is -1.26. The van der Waals surface area contributed by atoms with Crippen molar-refractivity contribution < 1.29 is 19.8 Å². The number of halogens is 2. The Morgan fingerprint density at radius 3 is 2.00 bits per heavy atom. The molecule has 1 atom stereocenters. The molecule has 0 aliphatic rings. The van der Waals surface area contributed by atoms with E-state index in [0.717, 1.165) is 11.1 Å². The van der Waals surface area contributed by atoms with Gasteiger partial charge < -0.3 is 15.9 Å². The van der Waals surface area contributed by atoms with Crippen molar-refractivity contribution in [2.75, 3.05) is 0 Å². The molecule has 1 unspecified atom stereocenters. The van der Waals surface area contributed by atoms with Crippen molar-refractivity contribution in [2.24, 2.45) is 5.73 Å². The Morgan fingerprint density at radius 1 is 1.00 bits per heavy atom. The Kier molecular flexibility index (Phi) is 8.32. The fraction of sp³-hybridized carbons (Fsp3) is 0.158. The minimum Gasteiger partial charge on any atom is -0.478 e.